The Hall–Kier alpha value is -3.84. The van der Waals surface area contributed by atoms with Crippen LogP contribution in [0.5, 0.6) is 0 Å². The standard InChI is InChI=1S/C29H30N6O/c1-18-4-2-5-25(34-18)28-27(32-17-33-28)20-9-12-24-21(14-20)15-22(16-31-24)19-7-10-23(11-8-19)35-29(36)26-6-3-13-30-26/h2,4-5,7,9,12,14-17,23,26,30H,3,6,8,10-11,13H2,1H3,(H,32,33)(H,35,36)/t23-,26?/m0/s1. The average Bonchev–Trinajstić information content (AvgIpc) is 3.61. The van der Waals surface area contributed by atoms with Crippen LogP contribution in [0.4, 0.5) is 0 Å². The van der Waals surface area contributed by atoms with Crippen molar-refractivity contribution in [1.29, 1.82) is 0 Å². The Balaban J connectivity index is 1.23. The lowest BCUT2D eigenvalue weighted by Gasteiger charge is -2.24. The Labute approximate surface area is 210 Å². The molecule has 1 aromatic carbocycles. The highest BCUT2D eigenvalue weighted by molar-refractivity contribution is 5.89. The molecule has 7 nitrogen and oxygen atoms in total. The number of carbonyl (C=O) groups is 1. The van der Waals surface area contributed by atoms with Gasteiger partial charge in [-0.15, -0.1) is 0 Å². The summed E-state index contributed by atoms with van der Waals surface area (Å²) in [6, 6.07) is 14.7. The highest BCUT2D eigenvalue weighted by atomic mass is 16.2. The first-order valence-electron chi connectivity index (χ1n) is 12.7. The minimum atomic E-state index is -0.0222. The van der Waals surface area contributed by atoms with Crippen molar-refractivity contribution in [2.75, 3.05) is 6.54 Å². The molecule has 182 valence electrons. The van der Waals surface area contributed by atoms with Gasteiger partial charge in [0.25, 0.3) is 0 Å². The van der Waals surface area contributed by atoms with E-state index in [4.69, 9.17) is 4.98 Å². The first-order valence-corrected chi connectivity index (χ1v) is 12.7. The van der Waals surface area contributed by atoms with Crippen LogP contribution < -0.4 is 10.6 Å². The van der Waals surface area contributed by atoms with Crippen molar-refractivity contribution in [1.82, 2.24) is 30.6 Å². The molecule has 3 N–H and O–H groups in total. The van der Waals surface area contributed by atoms with Crippen LogP contribution >= 0.6 is 0 Å². The zero-order valence-electron chi connectivity index (χ0n) is 20.4. The first kappa shape index (κ1) is 22.6. The van der Waals surface area contributed by atoms with E-state index >= 15 is 0 Å². The maximum absolute atomic E-state index is 12.5. The second-order valence-electron chi connectivity index (χ2n) is 9.78. The highest BCUT2D eigenvalue weighted by Gasteiger charge is 2.25. The third kappa shape index (κ3) is 4.54. The second kappa shape index (κ2) is 9.66. The van der Waals surface area contributed by atoms with Crippen LogP contribution in [-0.4, -0.2) is 44.5 Å². The predicted octanol–water partition coefficient (Wildman–Crippen LogP) is 4.80. The molecule has 2 atom stereocenters. The molecule has 3 aromatic heterocycles. The number of benzene rings is 1. The van der Waals surface area contributed by atoms with Gasteiger partial charge in [-0.25, -0.2) is 4.98 Å². The van der Waals surface area contributed by atoms with Crippen LogP contribution in [-0.2, 0) is 4.79 Å². The number of hydrogen-bond acceptors (Lipinski definition) is 5. The average molecular weight is 479 g/mol. The molecule has 2 aliphatic rings. The lowest BCUT2D eigenvalue weighted by molar-refractivity contribution is -0.123. The van der Waals surface area contributed by atoms with E-state index in [0.717, 1.165) is 83.5 Å². The number of nitrogens with zero attached hydrogens (tertiary/aromatic N) is 3. The third-order valence-corrected chi connectivity index (χ3v) is 7.24. The van der Waals surface area contributed by atoms with Gasteiger partial charge in [0.1, 0.15) is 0 Å². The summed E-state index contributed by atoms with van der Waals surface area (Å²) in [6.07, 6.45) is 10.7. The van der Waals surface area contributed by atoms with Gasteiger partial charge in [-0.1, -0.05) is 18.2 Å². The Morgan fingerprint density at radius 2 is 2.00 bits per heavy atom. The molecule has 1 aliphatic carbocycles. The number of aromatic nitrogens is 4. The summed E-state index contributed by atoms with van der Waals surface area (Å²) >= 11 is 0. The molecule has 6 rings (SSSR count). The zero-order chi connectivity index (χ0) is 24.5. The monoisotopic (exact) mass is 478 g/mol. The van der Waals surface area contributed by atoms with Gasteiger partial charge in [0.15, 0.2) is 0 Å². The Morgan fingerprint density at radius 3 is 2.81 bits per heavy atom. The SMILES string of the molecule is Cc1cccc(-c2[nH]cnc2-c2ccc3ncc(C4=CC[C@H](NC(=O)C5CCCN5)CC4)cc3c2)n1. The van der Waals surface area contributed by atoms with Gasteiger partial charge in [0.05, 0.1) is 35.0 Å². The normalized spacial score (nSPS) is 19.9. The lowest BCUT2D eigenvalue weighted by atomic mass is 9.90. The predicted molar refractivity (Wildman–Crippen MR) is 142 cm³/mol. The number of rotatable bonds is 5. The van der Waals surface area contributed by atoms with E-state index in [-0.39, 0.29) is 18.0 Å². The Morgan fingerprint density at radius 1 is 1.08 bits per heavy atom. The Kier molecular flexibility index (Phi) is 6.07. The summed E-state index contributed by atoms with van der Waals surface area (Å²) in [7, 11) is 0. The van der Waals surface area contributed by atoms with Gasteiger partial charge in [-0.2, -0.15) is 0 Å². The molecule has 1 fully saturated rings. The van der Waals surface area contributed by atoms with Gasteiger partial charge in [0.2, 0.25) is 5.91 Å². The van der Waals surface area contributed by atoms with Crippen molar-refractivity contribution < 1.29 is 4.79 Å². The van der Waals surface area contributed by atoms with Gasteiger partial charge >= 0.3 is 0 Å². The van der Waals surface area contributed by atoms with Gasteiger partial charge in [-0.3, -0.25) is 14.8 Å². The fourth-order valence-corrected chi connectivity index (χ4v) is 5.28. The number of amides is 1. The molecule has 36 heavy (non-hydrogen) atoms. The maximum atomic E-state index is 12.5. The fraction of sp³-hybridized carbons (Fsp3) is 0.310. The third-order valence-electron chi connectivity index (χ3n) is 7.24. The molecule has 0 spiro atoms. The van der Waals surface area contributed by atoms with E-state index < -0.39 is 0 Å². The maximum Gasteiger partial charge on any atom is 0.237 e. The molecule has 1 amide bonds. The van der Waals surface area contributed by atoms with Crippen LogP contribution in [0, 0.1) is 6.92 Å². The van der Waals surface area contributed by atoms with E-state index in [0.29, 0.717) is 0 Å². The van der Waals surface area contributed by atoms with Crippen molar-refractivity contribution >= 4 is 22.4 Å². The summed E-state index contributed by atoms with van der Waals surface area (Å²) in [5, 5.41) is 7.60. The first-order chi connectivity index (χ1) is 17.6. The molecular weight excluding hydrogens is 448 g/mol. The van der Waals surface area contributed by atoms with Gasteiger partial charge < -0.3 is 15.6 Å². The van der Waals surface area contributed by atoms with Crippen molar-refractivity contribution in [3.63, 3.8) is 0 Å². The van der Waals surface area contributed by atoms with Gasteiger partial charge in [-0.05, 0) is 87.0 Å². The van der Waals surface area contributed by atoms with Crippen LogP contribution in [0.2, 0.25) is 0 Å². The van der Waals surface area contributed by atoms with Gasteiger partial charge in [0, 0.05) is 28.9 Å². The topological polar surface area (TPSA) is 95.6 Å². The summed E-state index contributed by atoms with van der Waals surface area (Å²) in [6.45, 7) is 2.93. The number of carbonyl (C=O) groups excluding carboxylic acids is 1. The molecule has 4 heterocycles. The number of aryl methyl sites for hydroxylation is 1. The number of nitrogens with one attached hydrogen (secondary N) is 3. The second-order valence-corrected chi connectivity index (χ2v) is 9.78. The van der Waals surface area contributed by atoms with Crippen molar-refractivity contribution in [2.45, 2.75) is 51.1 Å². The quantitative estimate of drug-likeness (QED) is 0.383. The largest absolute Gasteiger partial charge is 0.352 e. The van der Waals surface area contributed by atoms with Crippen molar-refractivity contribution in [2.24, 2.45) is 0 Å². The number of pyridine rings is 2. The minimum Gasteiger partial charge on any atom is -0.352 e. The number of fused-ring (bicyclic) bond motifs is 1. The molecule has 1 saturated heterocycles. The van der Waals surface area contributed by atoms with Crippen LogP contribution in [0.15, 0.2) is 61.1 Å². The molecule has 0 saturated carbocycles. The van der Waals surface area contributed by atoms with E-state index in [1.165, 1.54) is 5.57 Å². The lowest BCUT2D eigenvalue weighted by Crippen LogP contribution is -2.45. The van der Waals surface area contributed by atoms with Crippen molar-refractivity contribution in [3.8, 4) is 22.6 Å². The summed E-state index contributed by atoms with van der Waals surface area (Å²) in [5.74, 6) is 0.146. The van der Waals surface area contributed by atoms with E-state index in [1.807, 2.05) is 31.3 Å². The number of allylic oxidation sites excluding steroid dienone is 1. The van der Waals surface area contributed by atoms with Crippen LogP contribution in [0.25, 0.3) is 39.1 Å². The van der Waals surface area contributed by atoms with Crippen LogP contribution in [0.1, 0.15) is 43.4 Å². The fourth-order valence-electron chi connectivity index (χ4n) is 5.28. The summed E-state index contributed by atoms with van der Waals surface area (Å²) in [4.78, 5) is 29.7. The van der Waals surface area contributed by atoms with E-state index in [1.54, 1.807) is 6.33 Å². The zero-order valence-corrected chi connectivity index (χ0v) is 20.4. The molecule has 7 heteroatoms. The number of aromatic amines is 1. The molecule has 1 aliphatic heterocycles. The molecule has 1 unspecified atom stereocenters. The Bertz CT molecular complexity index is 1450. The summed E-state index contributed by atoms with van der Waals surface area (Å²) in [5.41, 5.74) is 8.07. The number of hydrogen-bond donors (Lipinski definition) is 3. The minimum absolute atomic E-state index is 0.0222. The van der Waals surface area contributed by atoms with Crippen molar-refractivity contribution in [3.05, 3.63) is 72.3 Å². The number of H-pyrrole nitrogens is 1. The molecule has 4 aromatic rings. The van der Waals surface area contributed by atoms with Crippen LogP contribution in [0.3, 0.4) is 0 Å². The van der Waals surface area contributed by atoms with E-state index in [9.17, 15) is 4.79 Å². The smallest absolute Gasteiger partial charge is 0.237 e. The molecule has 0 bridgehead atoms. The highest BCUT2D eigenvalue weighted by Crippen LogP contribution is 2.32. The number of imidazole rings is 1. The van der Waals surface area contributed by atoms with E-state index in [2.05, 4.69) is 55.9 Å². The molecular formula is C29H30N6O. The molecule has 0 radical (unpaired) electrons. The summed E-state index contributed by atoms with van der Waals surface area (Å²) < 4.78 is 0.